The Balaban J connectivity index is 1.52. The van der Waals surface area contributed by atoms with Crippen LogP contribution in [0.1, 0.15) is 11.1 Å². The molecule has 0 aliphatic rings. The van der Waals surface area contributed by atoms with Crippen LogP contribution in [0.25, 0.3) is 11.4 Å². The molecule has 4 aromatic rings. The zero-order valence-corrected chi connectivity index (χ0v) is 17.6. The van der Waals surface area contributed by atoms with Crippen molar-refractivity contribution in [2.45, 2.75) is 13.2 Å². The molecule has 4 rings (SSSR count). The highest BCUT2D eigenvalue weighted by molar-refractivity contribution is 5.54. The lowest BCUT2D eigenvalue weighted by Gasteiger charge is -2.10. The van der Waals surface area contributed by atoms with E-state index < -0.39 is 9.85 Å². The number of aromatic nitrogens is 3. The Morgan fingerprint density at radius 2 is 1.06 bits per heavy atom. The third-order valence-electron chi connectivity index (χ3n) is 4.66. The van der Waals surface area contributed by atoms with Crippen molar-refractivity contribution in [3.05, 3.63) is 110 Å². The van der Waals surface area contributed by atoms with E-state index in [1.807, 2.05) is 30.3 Å². The van der Waals surface area contributed by atoms with Crippen LogP contribution >= 0.6 is 0 Å². The molecule has 0 fully saturated rings. The smallest absolute Gasteiger partial charge is 0.323 e. The number of nitro groups is 2. The molecule has 0 bridgehead atoms. The van der Waals surface area contributed by atoms with Gasteiger partial charge in [0, 0.05) is 29.8 Å². The SMILES string of the molecule is O=[N+]([O-])c1ccc(COc2nc(OCc3ccc([N+](=O)[O-])cc3)nc(-c3ccccc3)n2)cc1. The van der Waals surface area contributed by atoms with Crippen LogP contribution in [0.5, 0.6) is 12.0 Å². The normalized spacial score (nSPS) is 10.5. The quantitative estimate of drug-likeness (QED) is 0.261. The van der Waals surface area contributed by atoms with Crippen LogP contribution in [-0.4, -0.2) is 24.8 Å². The third kappa shape index (κ3) is 5.65. The lowest BCUT2D eigenvalue weighted by Crippen LogP contribution is -2.06. The highest BCUT2D eigenvalue weighted by Gasteiger charge is 2.12. The molecule has 1 aromatic heterocycles. The minimum absolute atomic E-state index is 0.0165. The maximum absolute atomic E-state index is 10.8. The van der Waals surface area contributed by atoms with E-state index in [1.54, 1.807) is 24.3 Å². The third-order valence-corrected chi connectivity index (χ3v) is 4.66. The molecule has 0 N–H and O–H groups in total. The summed E-state index contributed by atoms with van der Waals surface area (Å²) in [6.07, 6.45) is 0. The van der Waals surface area contributed by atoms with Gasteiger partial charge in [-0.25, -0.2) is 0 Å². The van der Waals surface area contributed by atoms with Gasteiger partial charge in [-0.3, -0.25) is 20.2 Å². The summed E-state index contributed by atoms with van der Waals surface area (Å²) in [6, 6.07) is 21.1. The standard InChI is InChI=1S/C23H17N5O6/c29-27(30)19-10-6-16(7-11-19)14-33-22-24-21(18-4-2-1-3-5-18)25-23(26-22)34-15-17-8-12-20(13-9-17)28(31)32/h1-13H,14-15H2. The topological polar surface area (TPSA) is 143 Å². The molecule has 11 heteroatoms. The number of ether oxygens (including phenoxy) is 2. The Labute approximate surface area is 193 Å². The summed E-state index contributed by atoms with van der Waals surface area (Å²) in [7, 11) is 0. The Morgan fingerprint density at radius 1 is 0.618 bits per heavy atom. The largest absolute Gasteiger partial charge is 0.458 e. The number of nitro benzene ring substituents is 2. The first-order valence-electron chi connectivity index (χ1n) is 10.0. The predicted octanol–water partition coefficient (Wildman–Crippen LogP) is 4.51. The molecule has 0 saturated heterocycles. The lowest BCUT2D eigenvalue weighted by molar-refractivity contribution is -0.385. The van der Waals surface area contributed by atoms with Gasteiger partial charge in [0.1, 0.15) is 13.2 Å². The van der Waals surface area contributed by atoms with Crippen molar-refractivity contribution in [2.24, 2.45) is 0 Å². The predicted molar refractivity (Wildman–Crippen MR) is 120 cm³/mol. The molecule has 0 aliphatic heterocycles. The molecule has 0 atom stereocenters. The molecule has 0 unspecified atom stereocenters. The van der Waals surface area contributed by atoms with Gasteiger partial charge in [0.25, 0.3) is 11.4 Å². The maximum atomic E-state index is 10.8. The van der Waals surface area contributed by atoms with Crippen molar-refractivity contribution in [2.75, 3.05) is 0 Å². The van der Waals surface area contributed by atoms with Crippen molar-refractivity contribution in [1.82, 2.24) is 15.0 Å². The Hall–Kier alpha value is -4.93. The molecule has 0 aliphatic carbocycles. The Kier molecular flexibility index (Phi) is 6.63. The summed E-state index contributed by atoms with van der Waals surface area (Å²) in [5.74, 6) is 0.341. The Morgan fingerprint density at radius 3 is 1.47 bits per heavy atom. The molecule has 0 saturated carbocycles. The summed E-state index contributed by atoms with van der Waals surface area (Å²) in [6.45, 7) is 0.163. The number of rotatable bonds is 9. The fourth-order valence-electron chi connectivity index (χ4n) is 2.91. The van der Waals surface area contributed by atoms with E-state index >= 15 is 0 Å². The summed E-state index contributed by atoms with van der Waals surface area (Å²) >= 11 is 0. The van der Waals surface area contributed by atoms with Crippen LogP contribution < -0.4 is 9.47 Å². The highest BCUT2D eigenvalue weighted by Crippen LogP contribution is 2.21. The van der Waals surface area contributed by atoms with E-state index in [0.717, 1.165) is 5.56 Å². The lowest BCUT2D eigenvalue weighted by atomic mass is 10.2. The molecule has 34 heavy (non-hydrogen) atoms. The van der Waals surface area contributed by atoms with Gasteiger partial charge in [0.05, 0.1) is 9.85 Å². The fraction of sp³-hybridized carbons (Fsp3) is 0.0870. The van der Waals surface area contributed by atoms with Crippen molar-refractivity contribution >= 4 is 11.4 Å². The summed E-state index contributed by atoms with van der Waals surface area (Å²) in [5, 5.41) is 21.6. The van der Waals surface area contributed by atoms with Gasteiger partial charge in [-0.15, -0.1) is 4.98 Å². The van der Waals surface area contributed by atoms with Crippen LogP contribution in [0.15, 0.2) is 78.9 Å². The second-order valence-corrected chi connectivity index (χ2v) is 7.01. The average Bonchev–Trinajstić information content (AvgIpc) is 2.87. The molecule has 3 aromatic carbocycles. The second-order valence-electron chi connectivity index (χ2n) is 7.01. The Bertz CT molecular complexity index is 1220. The van der Waals surface area contributed by atoms with Crippen molar-refractivity contribution in [3.8, 4) is 23.4 Å². The van der Waals surface area contributed by atoms with Gasteiger partial charge in [0.2, 0.25) is 0 Å². The van der Waals surface area contributed by atoms with Gasteiger partial charge < -0.3 is 9.47 Å². The average molecular weight is 459 g/mol. The van der Waals surface area contributed by atoms with Gasteiger partial charge in [-0.2, -0.15) is 9.97 Å². The van der Waals surface area contributed by atoms with Crippen molar-refractivity contribution in [1.29, 1.82) is 0 Å². The van der Waals surface area contributed by atoms with Crippen molar-refractivity contribution < 1.29 is 19.3 Å². The fourth-order valence-corrected chi connectivity index (χ4v) is 2.91. The van der Waals surface area contributed by atoms with Gasteiger partial charge in [-0.05, 0) is 35.4 Å². The molecular weight excluding hydrogens is 442 g/mol. The minimum Gasteiger partial charge on any atom is -0.458 e. The zero-order valence-electron chi connectivity index (χ0n) is 17.6. The summed E-state index contributed by atoms with van der Waals surface area (Å²) in [5.41, 5.74) is 2.08. The van der Waals surface area contributed by atoms with Crippen molar-refractivity contribution in [3.63, 3.8) is 0 Å². The first kappa shape index (κ1) is 22.3. The number of nitrogens with zero attached hydrogens (tertiary/aromatic N) is 5. The van der Waals surface area contributed by atoms with Crippen LogP contribution in [0.4, 0.5) is 11.4 Å². The van der Waals surface area contributed by atoms with E-state index in [-0.39, 0.29) is 36.6 Å². The van der Waals surface area contributed by atoms with Gasteiger partial charge in [0.15, 0.2) is 5.82 Å². The van der Waals surface area contributed by atoms with E-state index in [4.69, 9.17) is 9.47 Å². The van der Waals surface area contributed by atoms with E-state index in [1.165, 1.54) is 24.3 Å². The molecule has 0 spiro atoms. The first-order valence-corrected chi connectivity index (χ1v) is 10.0. The summed E-state index contributed by atoms with van der Waals surface area (Å²) in [4.78, 5) is 33.6. The molecule has 1 heterocycles. The molecule has 11 nitrogen and oxygen atoms in total. The van der Waals surface area contributed by atoms with Crippen LogP contribution in [0.3, 0.4) is 0 Å². The van der Waals surface area contributed by atoms with E-state index in [0.29, 0.717) is 17.0 Å². The number of hydrogen-bond acceptors (Lipinski definition) is 9. The van der Waals surface area contributed by atoms with Gasteiger partial charge in [-0.1, -0.05) is 30.3 Å². The monoisotopic (exact) mass is 459 g/mol. The van der Waals surface area contributed by atoms with E-state index in [9.17, 15) is 20.2 Å². The maximum Gasteiger partial charge on any atom is 0.323 e. The second kappa shape index (κ2) is 10.1. The minimum atomic E-state index is -0.475. The van der Waals surface area contributed by atoms with E-state index in [2.05, 4.69) is 15.0 Å². The molecular formula is C23H17N5O6. The van der Waals surface area contributed by atoms with Gasteiger partial charge >= 0.3 is 12.0 Å². The molecule has 0 radical (unpaired) electrons. The van der Waals surface area contributed by atoms with Crippen LogP contribution in [-0.2, 0) is 13.2 Å². The molecule has 170 valence electrons. The van der Waals surface area contributed by atoms with Crippen LogP contribution in [0.2, 0.25) is 0 Å². The highest BCUT2D eigenvalue weighted by atomic mass is 16.6. The van der Waals surface area contributed by atoms with Crippen LogP contribution in [0, 0.1) is 20.2 Å². The number of non-ortho nitro benzene ring substituents is 2. The molecule has 0 amide bonds. The zero-order chi connectivity index (χ0) is 23.9. The number of benzene rings is 3. The summed E-state index contributed by atoms with van der Waals surface area (Å²) < 4.78 is 11.4. The first-order chi connectivity index (χ1) is 16.5. The number of hydrogen-bond donors (Lipinski definition) is 0.